The lowest BCUT2D eigenvalue weighted by atomic mass is 9.95. The first-order valence-corrected chi connectivity index (χ1v) is 15.8. The van der Waals surface area contributed by atoms with Gasteiger partial charge in [0.2, 0.25) is 0 Å². The summed E-state index contributed by atoms with van der Waals surface area (Å²) in [5.74, 6) is 0.695. The van der Waals surface area contributed by atoms with E-state index in [1.807, 2.05) is 56.3 Å². The number of ether oxygens (including phenoxy) is 4. The Balaban J connectivity index is 1.41. The van der Waals surface area contributed by atoms with Crippen molar-refractivity contribution in [1.82, 2.24) is 16.1 Å². The summed E-state index contributed by atoms with van der Waals surface area (Å²) in [4.78, 5) is 25.4. The van der Waals surface area contributed by atoms with Crippen LogP contribution in [0.5, 0.6) is 17.2 Å². The molecule has 45 heavy (non-hydrogen) atoms. The molecule has 0 saturated carbocycles. The summed E-state index contributed by atoms with van der Waals surface area (Å²) in [6.45, 7) is 8.23. The van der Waals surface area contributed by atoms with Crippen LogP contribution in [0.1, 0.15) is 49.1 Å². The first-order chi connectivity index (χ1) is 21.7. The lowest BCUT2D eigenvalue weighted by Gasteiger charge is -2.30. The first-order valence-electron chi connectivity index (χ1n) is 14.3. The van der Waals surface area contributed by atoms with Gasteiger partial charge in [-0.05, 0) is 91.8 Å². The van der Waals surface area contributed by atoms with Gasteiger partial charge in [-0.3, -0.25) is 4.79 Å². The number of hydrogen-bond acceptors (Lipinski definition) is 8. The topological polar surface area (TPSA) is 120 Å². The summed E-state index contributed by atoms with van der Waals surface area (Å²) < 4.78 is 23.9. The van der Waals surface area contributed by atoms with Gasteiger partial charge in [-0.25, -0.2) is 10.2 Å². The van der Waals surface area contributed by atoms with Crippen LogP contribution in [-0.2, 0) is 20.9 Å². The number of carbonyl (C=O) groups excluding carboxylic acids is 2. The fourth-order valence-electron chi connectivity index (χ4n) is 4.52. The fourth-order valence-corrected chi connectivity index (χ4v) is 5.57. The number of para-hydroxylation sites is 1. The monoisotopic (exact) mass is 742 g/mol. The van der Waals surface area contributed by atoms with Gasteiger partial charge in [0.05, 0.1) is 34.6 Å². The smallest absolute Gasteiger partial charge is 0.338 e. The highest BCUT2D eigenvalue weighted by atomic mass is 127. The van der Waals surface area contributed by atoms with E-state index in [-0.39, 0.29) is 13.2 Å². The van der Waals surface area contributed by atoms with Gasteiger partial charge in [0.1, 0.15) is 12.4 Å². The summed E-state index contributed by atoms with van der Waals surface area (Å²) in [5.41, 5.74) is 7.04. The van der Waals surface area contributed by atoms with E-state index in [0.29, 0.717) is 52.4 Å². The molecule has 1 atom stereocenters. The van der Waals surface area contributed by atoms with E-state index in [2.05, 4.69) is 43.8 Å². The Morgan fingerprint density at radius 1 is 1.00 bits per heavy atom. The molecule has 10 nitrogen and oxygen atoms in total. The molecule has 0 aliphatic carbocycles. The maximum atomic E-state index is 12.8. The molecule has 1 heterocycles. The highest BCUT2D eigenvalue weighted by Crippen LogP contribution is 2.35. The Hall–Kier alpha value is -4.17. The zero-order valence-electron chi connectivity index (χ0n) is 25.4. The largest absolute Gasteiger partial charge is 0.490 e. The van der Waals surface area contributed by atoms with E-state index < -0.39 is 17.9 Å². The minimum Gasteiger partial charge on any atom is -0.490 e. The van der Waals surface area contributed by atoms with Crippen LogP contribution in [0.25, 0.3) is 0 Å². The molecule has 3 aromatic carbocycles. The number of carbonyl (C=O) groups is 2. The maximum absolute atomic E-state index is 12.8. The number of benzene rings is 3. The lowest BCUT2D eigenvalue weighted by Crippen LogP contribution is -2.45. The second-order valence-corrected chi connectivity index (χ2v) is 11.5. The number of thiocarbonyl (C=S) groups is 1. The molecule has 1 aliphatic rings. The normalized spacial score (nSPS) is 14.4. The fraction of sp³-hybridized carbons (Fsp3) is 0.273. The number of nitrogens with zero attached hydrogens (tertiary/aromatic N) is 1. The number of nitrogens with one attached hydrogen (secondary N) is 3. The standard InChI is InChI=1S/C33H35IN4O6S/c1-5-41-27-16-23(15-25(34)31(27)44-18-22-13-11-20(3)12-14-22)17-35-38-28(39)19-43-26-10-8-7-9-24(26)30-29(32(40)42-6-2)21(4)36-33(45)37-30/h7-17,30H,5-6,18-19H2,1-4H3,(H,38,39)(H2,36,37,45)/t30-/m1/s1. The number of aryl methyl sites for hydroxylation is 1. The van der Waals surface area contributed by atoms with Crippen LogP contribution in [0.2, 0.25) is 0 Å². The molecule has 0 saturated heterocycles. The van der Waals surface area contributed by atoms with Gasteiger partial charge < -0.3 is 29.6 Å². The predicted molar refractivity (Wildman–Crippen MR) is 184 cm³/mol. The van der Waals surface area contributed by atoms with Gasteiger partial charge in [0.15, 0.2) is 23.2 Å². The minimum absolute atomic E-state index is 0.226. The Labute approximate surface area is 281 Å². The van der Waals surface area contributed by atoms with Crippen molar-refractivity contribution in [3.05, 3.63) is 97.8 Å². The summed E-state index contributed by atoms with van der Waals surface area (Å²) in [5, 5.41) is 10.5. The molecule has 0 radical (unpaired) electrons. The van der Waals surface area contributed by atoms with Crippen molar-refractivity contribution in [3.63, 3.8) is 0 Å². The maximum Gasteiger partial charge on any atom is 0.338 e. The van der Waals surface area contributed by atoms with Crippen LogP contribution in [-0.4, -0.2) is 43.0 Å². The summed E-state index contributed by atoms with van der Waals surface area (Å²) in [7, 11) is 0. The van der Waals surface area contributed by atoms with Crippen LogP contribution >= 0.6 is 34.8 Å². The van der Waals surface area contributed by atoms with E-state index in [4.69, 9.17) is 31.2 Å². The molecule has 0 unspecified atom stereocenters. The van der Waals surface area contributed by atoms with E-state index in [0.717, 1.165) is 14.7 Å². The molecule has 0 fully saturated rings. The Morgan fingerprint density at radius 2 is 1.76 bits per heavy atom. The second-order valence-electron chi connectivity index (χ2n) is 9.95. The second kappa shape index (κ2) is 16.2. The average molecular weight is 743 g/mol. The van der Waals surface area contributed by atoms with Gasteiger partial charge >= 0.3 is 5.97 Å². The molecule has 0 aromatic heterocycles. The number of hydrogen-bond donors (Lipinski definition) is 3. The molecule has 4 rings (SSSR count). The van der Waals surface area contributed by atoms with Crippen molar-refractivity contribution < 1.29 is 28.5 Å². The predicted octanol–water partition coefficient (Wildman–Crippen LogP) is 5.46. The molecule has 0 spiro atoms. The number of hydrazone groups is 1. The molecule has 1 amide bonds. The van der Waals surface area contributed by atoms with E-state index >= 15 is 0 Å². The zero-order chi connectivity index (χ0) is 32.3. The first kappa shape index (κ1) is 33.7. The highest BCUT2D eigenvalue weighted by Gasteiger charge is 2.32. The molecule has 236 valence electrons. The van der Waals surface area contributed by atoms with Gasteiger partial charge in [0, 0.05) is 11.3 Å². The third kappa shape index (κ3) is 9.17. The van der Waals surface area contributed by atoms with Gasteiger partial charge in [0.25, 0.3) is 5.91 Å². The van der Waals surface area contributed by atoms with Gasteiger partial charge in [-0.1, -0.05) is 48.0 Å². The van der Waals surface area contributed by atoms with E-state index in [1.54, 1.807) is 32.0 Å². The molecule has 12 heteroatoms. The number of amides is 1. The van der Waals surface area contributed by atoms with Crippen molar-refractivity contribution in [2.24, 2.45) is 5.10 Å². The highest BCUT2D eigenvalue weighted by molar-refractivity contribution is 14.1. The molecular weight excluding hydrogens is 707 g/mol. The third-order valence-corrected chi connectivity index (χ3v) is 7.61. The molecule has 3 N–H and O–H groups in total. The quantitative estimate of drug-likeness (QED) is 0.0690. The minimum atomic E-state index is -0.624. The van der Waals surface area contributed by atoms with Gasteiger partial charge in [-0.2, -0.15) is 5.10 Å². The van der Waals surface area contributed by atoms with Crippen LogP contribution in [0, 0.1) is 10.5 Å². The van der Waals surface area contributed by atoms with Crippen molar-refractivity contribution in [3.8, 4) is 17.2 Å². The number of halogens is 1. The van der Waals surface area contributed by atoms with Gasteiger partial charge in [-0.15, -0.1) is 0 Å². The zero-order valence-corrected chi connectivity index (χ0v) is 28.4. The average Bonchev–Trinajstić information content (AvgIpc) is 3.00. The Morgan fingerprint density at radius 3 is 2.49 bits per heavy atom. The van der Waals surface area contributed by atoms with E-state index in [9.17, 15) is 9.59 Å². The summed E-state index contributed by atoms with van der Waals surface area (Å²) >= 11 is 7.53. The molecule has 0 bridgehead atoms. The summed E-state index contributed by atoms with van der Waals surface area (Å²) in [6.07, 6.45) is 1.53. The Kier molecular flexibility index (Phi) is 12.2. The van der Waals surface area contributed by atoms with Crippen LogP contribution in [0.15, 0.2) is 77.0 Å². The molecule has 3 aromatic rings. The molecular formula is C33H35IN4O6S. The molecule has 1 aliphatic heterocycles. The number of esters is 1. The number of rotatable bonds is 13. The SMILES string of the molecule is CCOC(=O)C1=C(C)NC(=S)N[C@@H]1c1ccccc1OCC(=O)NN=Cc1cc(I)c(OCc2ccc(C)cc2)c(OCC)c1. The van der Waals surface area contributed by atoms with Crippen molar-refractivity contribution in [1.29, 1.82) is 0 Å². The van der Waals surface area contributed by atoms with Crippen LogP contribution in [0.3, 0.4) is 0 Å². The van der Waals surface area contributed by atoms with Crippen LogP contribution < -0.4 is 30.3 Å². The van der Waals surface area contributed by atoms with Crippen LogP contribution in [0.4, 0.5) is 0 Å². The van der Waals surface area contributed by atoms with Crippen molar-refractivity contribution in [2.45, 2.75) is 40.3 Å². The van der Waals surface area contributed by atoms with Crippen molar-refractivity contribution >= 4 is 58.0 Å². The van der Waals surface area contributed by atoms with Crippen molar-refractivity contribution in [2.75, 3.05) is 19.8 Å². The lowest BCUT2D eigenvalue weighted by molar-refractivity contribution is -0.139. The Bertz CT molecular complexity index is 1610. The number of allylic oxidation sites excluding steroid dienone is 1. The summed E-state index contributed by atoms with van der Waals surface area (Å²) in [6, 6.07) is 18.4. The third-order valence-electron chi connectivity index (χ3n) is 6.59. The van der Waals surface area contributed by atoms with E-state index in [1.165, 1.54) is 11.8 Å².